The normalized spacial score (nSPS) is 11.6. The number of rotatable bonds is 8. The van der Waals surface area contributed by atoms with Gasteiger partial charge >= 0.3 is 0 Å². The van der Waals surface area contributed by atoms with Crippen LogP contribution in [0.3, 0.4) is 0 Å². The first-order valence-electron chi connectivity index (χ1n) is 14.1. The van der Waals surface area contributed by atoms with Crippen LogP contribution in [-0.2, 0) is 4.79 Å². The number of carbonyl (C=O) groups is 2. The van der Waals surface area contributed by atoms with Crippen LogP contribution in [-0.4, -0.2) is 11.8 Å². The van der Waals surface area contributed by atoms with Crippen LogP contribution in [0, 0.1) is 0 Å². The van der Waals surface area contributed by atoms with Crippen molar-refractivity contribution in [1.29, 1.82) is 0 Å². The van der Waals surface area contributed by atoms with Gasteiger partial charge in [-0.2, -0.15) is 0 Å². The molecule has 4 nitrogen and oxygen atoms in total. The van der Waals surface area contributed by atoms with E-state index in [9.17, 15) is 9.59 Å². The minimum Gasteiger partial charge on any atom is -0.320 e. The smallest absolute Gasteiger partial charge is 0.275 e. The van der Waals surface area contributed by atoms with Gasteiger partial charge in [0.25, 0.3) is 11.8 Å². The van der Waals surface area contributed by atoms with Gasteiger partial charge in [0.15, 0.2) is 0 Å². The molecule has 2 N–H and O–H groups in total. The Hall–Kier alpha value is -5.31. The second-order valence-corrected chi connectivity index (χ2v) is 13.3. The predicted octanol–water partition coefficient (Wildman–Crippen LogP) is 7.04. The van der Waals surface area contributed by atoms with Crippen molar-refractivity contribution >= 4 is 51.5 Å². The molecule has 5 heteroatoms. The molecule has 0 aliphatic rings. The molecule has 0 heterocycles. The Morgan fingerprint density at radius 3 is 1.53 bits per heavy atom. The van der Waals surface area contributed by atoms with Crippen LogP contribution in [0.5, 0.6) is 0 Å². The fourth-order valence-corrected chi connectivity index (χ4v) is 9.15. The van der Waals surface area contributed by atoms with E-state index in [1.54, 1.807) is 12.1 Å². The van der Waals surface area contributed by atoms with Crippen molar-refractivity contribution in [3.63, 3.8) is 0 Å². The lowest BCUT2D eigenvalue weighted by atomic mass is 10.1. The second kappa shape index (κ2) is 12.7. The third kappa shape index (κ3) is 5.88. The summed E-state index contributed by atoms with van der Waals surface area (Å²) in [6, 6.07) is 53.3. The van der Waals surface area contributed by atoms with E-state index in [-0.39, 0.29) is 11.6 Å². The Morgan fingerprint density at radius 1 is 0.512 bits per heavy atom. The van der Waals surface area contributed by atoms with E-state index < -0.39 is 13.2 Å². The van der Waals surface area contributed by atoms with Crippen LogP contribution in [0.2, 0.25) is 0 Å². The summed E-state index contributed by atoms with van der Waals surface area (Å²) in [5.41, 5.74) is 1.33. The number of carbonyl (C=O) groups excluding carboxylic acids is 2. The van der Waals surface area contributed by atoms with E-state index in [1.807, 2.05) is 121 Å². The number of anilines is 1. The minimum atomic E-state index is -2.60. The summed E-state index contributed by atoms with van der Waals surface area (Å²) in [7, 11) is -2.60. The quantitative estimate of drug-likeness (QED) is 0.151. The SMILES string of the molecule is O=C(Nc1cccc2ccccc12)C(=C[P+](c1ccccc1)(c1ccccc1)c1ccccc1)NC(=O)c1ccccc1. The van der Waals surface area contributed by atoms with Crippen LogP contribution in [0.25, 0.3) is 10.8 Å². The molecule has 0 unspecified atom stereocenters. The zero-order valence-electron chi connectivity index (χ0n) is 23.4. The molecule has 0 aliphatic heterocycles. The van der Waals surface area contributed by atoms with Crippen molar-refractivity contribution in [3.8, 4) is 0 Å². The number of nitrogens with one attached hydrogen (secondary N) is 2. The number of fused-ring (bicyclic) bond motifs is 1. The molecule has 0 aromatic heterocycles. The Bertz CT molecular complexity index is 1790. The number of hydrogen-bond donors (Lipinski definition) is 2. The monoisotopic (exact) mass is 577 g/mol. The highest BCUT2D eigenvalue weighted by Gasteiger charge is 2.45. The van der Waals surface area contributed by atoms with Gasteiger partial charge < -0.3 is 10.6 Å². The average molecular weight is 578 g/mol. The zero-order chi connectivity index (χ0) is 29.5. The second-order valence-electron chi connectivity index (χ2n) is 10.1. The molecule has 43 heavy (non-hydrogen) atoms. The van der Waals surface area contributed by atoms with Crippen LogP contribution in [0.15, 0.2) is 175 Å². The number of amides is 2. The van der Waals surface area contributed by atoms with Crippen molar-refractivity contribution < 1.29 is 9.59 Å². The van der Waals surface area contributed by atoms with Crippen molar-refractivity contribution in [2.24, 2.45) is 0 Å². The van der Waals surface area contributed by atoms with Gasteiger partial charge in [-0.15, -0.1) is 0 Å². The van der Waals surface area contributed by atoms with Gasteiger partial charge in [-0.3, -0.25) is 9.59 Å². The standard InChI is InChI=1S/C38H29N2O2P/c41-37(30-17-5-1-6-18-30)40-36(38(42)39-35-27-15-19-29-16-13-14-26-34(29)35)28-43(31-20-7-2-8-21-31,32-22-9-3-10-23-32)33-24-11-4-12-25-33/h1-28H,(H-,39,40,41,42)/p+1. The Labute approximate surface area is 252 Å². The van der Waals surface area contributed by atoms with Crippen LogP contribution >= 0.6 is 7.26 Å². The van der Waals surface area contributed by atoms with Gasteiger partial charge in [0.2, 0.25) is 0 Å². The lowest BCUT2D eigenvalue weighted by Gasteiger charge is -2.25. The molecular formula is C38H30N2O2P+. The number of benzene rings is 6. The minimum absolute atomic E-state index is 0.187. The molecule has 0 atom stereocenters. The van der Waals surface area contributed by atoms with Gasteiger partial charge in [0.05, 0.1) is 0 Å². The molecule has 6 aromatic carbocycles. The molecule has 0 bridgehead atoms. The van der Waals surface area contributed by atoms with E-state index in [0.29, 0.717) is 11.3 Å². The van der Waals surface area contributed by atoms with Crippen molar-refractivity contribution in [2.75, 3.05) is 5.32 Å². The van der Waals surface area contributed by atoms with Gasteiger partial charge in [-0.25, -0.2) is 0 Å². The molecule has 2 amide bonds. The molecule has 0 radical (unpaired) electrons. The largest absolute Gasteiger partial charge is 0.320 e. The van der Waals surface area contributed by atoms with Crippen LogP contribution < -0.4 is 26.5 Å². The summed E-state index contributed by atoms with van der Waals surface area (Å²) < 4.78 is 0. The molecule has 0 aliphatic carbocycles. The fourth-order valence-electron chi connectivity index (χ4n) is 5.31. The van der Waals surface area contributed by atoms with E-state index in [1.165, 1.54) is 0 Å². The third-order valence-corrected chi connectivity index (χ3v) is 11.4. The Kier molecular flexibility index (Phi) is 8.21. The summed E-state index contributed by atoms with van der Waals surface area (Å²) in [6.07, 6.45) is 0. The lowest BCUT2D eigenvalue weighted by molar-refractivity contribution is -0.113. The van der Waals surface area contributed by atoms with Crippen molar-refractivity contribution in [1.82, 2.24) is 5.32 Å². The van der Waals surface area contributed by atoms with Gasteiger partial charge in [-0.1, -0.05) is 109 Å². The van der Waals surface area contributed by atoms with Crippen LogP contribution in [0.1, 0.15) is 10.4 Å². The van der Waals surface area contributed by atoms with Crippen molar-refractivity contribution in [2.45, 2.75) is 0 Å². The zero-order valence-corrected chi connectivity index (χ0v) is 24.3. The lowest BCUT2D eigenvalue weighted by Crippen LogP contribution is -2.35. The Balaban J connectivity index is 1.57. The summed E-state index contributed by atoms with van der Waals surface area (Å²) >= 11 is 0. The molecule has 0 saturated heterocycles. The fraction of sp³-hybridized carbons (Fsp3) is 0. The maximum absolute atomic E-state index is 14.3. The summed E-state index contributed by atoms with van der Waals surface area (Å²) in [5.74, 6) is 1.24. The van der Waals surface area contributed by atoms with Gasteiger partial charge in [-0.05, 0) is 60.0 Å². The first-order valence-corrected chi connectivity index (χ1v) is 15.9. The van der Waals surface area contributed by atoms with E-state index in [2.05, 4.69) is 47.0 Å². The topological polar surface area (TPSA) is 58.2 Å². The first kappa shape index (κ1) is 27.8. The summed E-state index contributed by atoms with van der Waals surface area (Å²) in [6.45, 7) is 0. The summed E-state index contributed by atoms with van der Waals surface area (Å²) in [4.78, 5) is 27.9. The molecular weight excluding hydrogens is 547 g/mol. The molecule has 208 valence electrons. The molecule has 0 spiro atoms. The summed E-state index contributed by atoms with van der Waals surface area (Å²) in [5, 5.41) is 11.2. The molecule has 6 rings (SSSR count). The first-order chi connectivity index (χ1) is 21.1. The van der Waals surface area contributed by atoms with Crippen molar-refractivity contribution in [3.05, 3.63) is 181 Å². The van der Waals surface area contributed by atoms with Gasteiger partial charge in [0.1, 0.15) is 34.7 Å². The Morgan fingerprint density at radius 2 is 0.977 bits per heavy atom. The highest BCUT2D eigenvalue weighted by atomic mass is 31.2. The molecule has 0 saturated carbocycles. The maximum Gasteiger partial charge on any atom is 0.275 e. The maximum atomic E-state index is 14.3. The van der Waals surface area contributed by atoms with Gasteiger partial charge in [0, 0.05) is 16.6 Å². The highest BCUT2D eigenvalue weighted by molar-refractivity contribution is 7.98. The molecule has 6 aromatic rings. The van der Waals surface area contributed by atoms with E-state index in [0.717, 1.165) is 26.7 Å². The third-order valence-electron chi connectivity index (χ3n) is 7.38. The number of hydrogen-bond acceptors (Lipinski definition) is 2. The average Bonchev–Trinajstić information content (AvgIpc) is 3.08. The highest BCUT2D eigenvalue weighted by Crippen LogP contribution is 2.57. The molecule has 0 fully saturated rings. The predicted molar refractivity (Wildman–Crippen MR) is 180 cm³/mol. The van der Waals surface area contributed by atoms with E-state index in [4.69, 9.17) is 0 Å². The van der Waals surface area contributed by atoms with E-state index >= 15 is 0 Å². The van der Waals surface area contributed by atoms with Crippen LogP contribution in [0.4, 0.5) is 5.69 Å².